The van der Waals surface area contributed by atoms with Crippen molar-refractivity contribution >= 4 is 17.8 Å². The first-order chi connectivity index (χ1) is 13.6. The number of piperidine rings is 2. The largest absolute Gasteiger partial charge is 0.340 e. The number of hydrogen-bond acceptors (Lipinski definition) is 4. The molecule has 4 heterocycles. The molecule has 4 aliphatic heterocycles. The van der Waals surface area contributed by atoms with Crippen LogP contribution in [0.5, 0.6) is 0 Å². The maximum absolute atomic E-state index is 13.1. The molecule has 0 aromatic heterocycles. The molecule has 4 saturated heterocycles. The van der Waals surface area contributed by atoms with Gasteiger partial charge in [0.2, 0.25) is 11.8 Å². The summed E-state index contributed by atoms with van der Waals surface area (Å²) < 4.78 is 0. The highest BCUT2D eigenvalue weighted by Gasteiger charge is 2.36. The van der Waals surface area contributed by atoms with Gasteiger partial charge in [-0.15, -0.1) is 0 Å². The molecule has 4 amide bonds. The van der Waals surface area contributed by atoms with Crippen LogP contribution in [0.4, 0.5) is 4.79 Å². The van der Waals surface area contributed by atoms with E-state index in [9.17, 15) is 14.4 Å². The molecule has 0 spiro atoms. The van der Waals surface area contributed by atoms with Crippen LogP contribution < -0.4 is 5.32 Å². The highest BCUT2D eigenvalue weighted by atomic mass is 16.2. The Morgan fingerprint density at radius 3 is 2.21 bits per heavy atom. The Hall–Kier alpha value is -1.83. The Balaban J connectivity index is 1.28. The SMILES string of the molecule is O=C(C1CCN(C(=O)N2CCCC2)CC1)N1CCCC(N2CCNCC2=O)C1. The van der Waals surface area contributed by atoms with Crippen molar-refractivity contribution < 1.29 is 14.4 Å². The van der Waals surface area contributed by atoms with E-state index in [4.69, 9.17) is 0 Å². The van der Waals surface area contributed by atoms with Gasteiger partial charge in [0.15, 0.2) is 0 Å². The van der Waals surface area contributed by atoms with Crippen molar-refractivity contribution in [2.24, 2.45) is 5.92 Å². The number of carbonyl (C=O) groups excluding carboxylic acids is 3. The summed E-state index contributed by atoms with van der Waals surface area (Å²) in [6, 6.07) is 0.308. The van der Waals surface area contributed by atoms with E-state index in [1.807, 2.05) is 19.6 Å². The van der Waals surface area contributed by atoms with Crippen molar-refractivity contribution in [3.63, 3.8) is 0 Å². The standard InChI is InChI=1S/C20H33N5O3/c26-18-14-21-7-13-25(18)17-4-3-10-24(15-17)19(27)16-5-11-23(12-6-16)20(28)22-8-1-2-9-22/h16-17,21H,1-15H2. The van der Waals surface area contributed by atoms with Gasteiger partial charge in [0.25, 0.3) is 0 Å². The number of piperazine rings is 1. The number of carbonyl (C=O) groups is 3. The zero-order chi connectivity index (χ0) is 19.5. The van der Waals surface area contributed by atoms with Crippen LogP contribution in [0.3, 0.4) is 0 Å². The first-order valence-electron chi connectivity index (χ1n) is 11.0. The third-order valence-corrected chi connectivity index (χ3v) is 6.77. The molecule has 4 fully saturated rings. The van der Waals surface area contributed by atoms with Crippen LogP contribution in [-0.2, 0) is 9.59 Å². The number of urea groups is 1. The fraction of sp³-hybridized carbons (Fsp3) is 0.850. The quantitative estimate of drug-likeness (QED) is 0.736. The minimum atomic E-state index is 0.0140. The monoisotopic (exact) mass is 391 g/mol. The summed E-state index contributed by atoms with van der Waals surface area (Å²) in [6.45, 7) is 6.55. The molecule has 4 rings (SSSR count). The van der Waals surface area contributed by atoms with Crippen LogP contribution in [0.25, 0.3) is 0 Å². The number of rotatable bonds is 2. The third-order valence-electron chi connectivity index (χ3n) is 6.77. The zero-order valence-electron chi connectivity index (χ0n) is 16.8. The minimum Gasteiger partial charge on any atom is -0.340 e. The molecule has 0 saturated carbocycles. The molecule has 28 heavy (non-hydrogen) atoms. The molecule has 0 aromatic rings. The first kappa shape index (κ1) is 19.5. The van der Waals surface area contributed by atoms with E-state index in [1.165, 1.54) is 0 Å². The van der Waals surface area contributed by atoms with E-state index >= 15 is 0 Å². The molecule has 1 atom stereocenters. The molecular weight excluding hydrogens is 358 g/mol. The number of likely N-dealkylation sites (tertiary alicyclic amines) is 3. The number of nitrogens with zero attached hydrogens (tertiary/aromatic N) is 4. The summed E-state index contributed by atoms with van der Waals surface area (Å²) in [4.78, 5) is 45.6. The second-order valence-electron chi connectivity index (χ2n) is 8.58. The summed E-state index contributed by atoms with van der Waals surface area (Å²) >= 11 is 0. The molecule has 0 aromatic carbocycles. The van der Waals surface area contributed by atoms with E-state index in [2.05, 4.69) is 5.32 Å². The summed E-state index contributed by atoms with van der Waals surface area (Å²) in [5.41, 5.74) is 0. The summed E-state index contributed by atoms with van der Waals surface area (Å²) in [6.07, 6.45) is 5.66. The molecular formula is C20H33N5O3. The summed E-state index contributed by atoms with van der Waals surface area (Å²) in [5.74, 6) is 0.389. The number of hydrogen-bond donors (Lipinski definition) is 1. The molecule has 0 aliphatic carbocycles. The molecule has 156 valence electrons. The van der Waals surface area contributed by atoms with Crippen LogP contribution >= 0.6 is 0 Å². The molecule has 0 bridgehead atoms. The van der Waals surface area contributed by atoms with Gasteiger partial charge in [-0.05, 0) is 38.5 Å². The normalized spacial score (nSPS) is 27.4. The van der Waals surface area contributed by atoms with Gasteiger partial charge in [0, 0.05) is 64.3 Å². The van der Waals surface area contributed by atoms with Crippen molar-refractivity contribution in [2.45, 2.75) is 44.6 Å². The smallest absolute Gasteiger partial charge is 0.319 e. The average Bonchev–Trinajstić information content (AvgIpc) is 3.28. The van der Waals surface area contributed by atoms with Crippen molar-refractivity contribution in [3.8, 4) is 0 Å². The highest BCUT2D eigenvalue weighted by molar-refractivity contribution is 5.81. The Bertz CT molecular complexity index is 599. The van der Waals surface area contributed by atoms with Gasteiger partial charge in [0.1, 0.15) is 0 Å². The van der Waals surface area contributed by atoms with E-state index in [0.29, 0.717) is 26.2 Å². The van der Waals surface area contributed by atoms with Crippen molar-refractivity contribution in [3.05, 3.63) is 0 Å². The summed E-state index contributed by atoms with van der Waals surface area (Å²) in [5, 5.41) is 3.12. The molecule has 1 N–H and O–H groups in total. The molecule has 1 unspecified atom stereocenters. The Kier molecular flexibility index (Phi) is 6.04. The first-order valence-corrected chi connectivity index (χ1v) is 11.0. The lowest BCUT2D eigenvalue weighted by Gasteiger charge is -2.42. The number of amides is 4. The fourth-order valence-corrected chi connectivity index (χ4v) is 5.10. The van der Waals surface area contributed by atoms with Crippen molar-refractivity contribution in [2.75, 3.05) is 58.9 Å². The van der Waals surface area contributed by atoms with Crippen LogP contribution in [0.1, 0.15) is 38.5 Å². The van der Waals surface area contributed by atoms with Crippen molar-refractivity contribution in [1.82, 2.24) is 24.9 Å². The number of nitrogens with one attached hydrogen (secondary N) is 1. The predicted octanol–water partition coefficient (Wildman–Crippen LogP) is 0.337. The van der Waals surface area contributed by atoms with Gasteiger partial charge in [0.05, 0.1) is 6.54 Å². The lowest BCUT2D eigenvalue weighted by atomic mass is 9.93. The minimum absolute atomic E-state index is 0.0140. The topological polar surface area (TPSA) is 76.2 Å². The van der Waals surface area contributed by atoms with E-state index < -0.39 is 0 Å². The zero-order valence-corrected chi connectivity index (χ0v) is 16.8. The van der Waals surface area contributed by atoms with E-state index in [-0.39, 0.29) is 29.8 Å². The van der Waals surface area contributed by atoms with Gasteiger partial charge in [-0.1, -0.05) is 0 Å². The van der Waals surface area contributed by atoms with Crippen LogP contribution in [-0.4, -0.2) is 102 Å². The Morgan fingerprint density at radius 1 is 0.821 bits per heavy atom. The van der Waals surface area contributed by atoms with Crippen LogP contribution in [0.15, 0.2) is 0 Å². The second kappa shape index (κ2) is 8.68. The van der Waals surface area contributed by atoms with Crippen LogP contribution in [0.2, 0.25) is 0 Å². The average molecular weight is 392 g/mol. The predicted molar refractivity (Wildman–Crippen MR) is 105 cm³/mol. The Labute approximate surface area is 167 Å². The van der Waals surface area contributed by atoms with Gasteiger partial charge in [-0.2, -0.15) is 0 Å². The fourth-order valence-electron chi connectivity index (χ4n) is 5.10. The maximum Gasteiger partial charge on any atom is 0.319 e. The van der Waals surface area contributed by atoms with Gasteiger partial charge >= 0.3 is 6.03 Å². The van der Waals surface area contributed by atoms with E-state index in [0.717, 1.165) is 71.2 Å². The lowest BCUT2D eigenvalue weighted by Crippen LogP contribution is -2.58. The van der Waals surface area contributed by atoms with Gasteiger partial charge in [-0.3, -0.25) is 9.59 Å². The van der Waals surface area contributed by atoms with Crippen LogP contribution in [0, 0.1) is 5.92 Å². The highest BCUT2D eigenvalue weighted by Crippen LogP contribution is 2.25. The second-order valence-corrected chi connectivity index (χ2v) is 8.58. The maximum atomic E-state index is 13.1. The third kappa shape index (κ3) is 4.11. The summed E-state index contributed by atoms with van der Waals surface area (Å²) in [7, 11) is 0. The lowest BCUT2D eigenvalue weighted by molar-refractivity contribution is -0.143. The van der Waals surface area contributed by atoms with E-state index in [1.54, 1.807) is 0 Å². The van der Waals surface area contributed by atoms with Gasteiger partial charge < -0.3 is 24.9 Å². The molecule has 8 heteroatoms. The Morgan fingerprint density at radius 2 is 1.50 bits per heavy atom. The molecule has 4 aliphatic rings. The van der Waals surface area contributed by atoms with Crippen molar-refractivity contribution in [1.29, 1.82) is 0 Å². The molecule has 8 nitrogen and oxygen atoms in total. The molecule has 0 radical (unpaired) electrons. The van der Waals surface area contributed by atoms with Gasteiger partial charge in [-0.25, -0.2) is 4.79 Å².